The number of sulfonamides is 1. The Bertz CT molecular complexity index is 957. The number of para-hydroxylation sites is 1. The molecule has 29 heavy (non-hydrogen) atoms. The molecule has 4 rings (SSSR count). The Morgan fingerprint density at radius 1 is 0.931 bits per heavy atom. The average Bonchev–Trinajstić information content (AvgIpc) is 2.78. The molecule has 2 fully saturated rings. The molecule has 0 spiro atoms. The molecule has 1 aliphatic carbocycles. The summed E-state index contributed by atoms with van der Waals surface area (Å²) in [6.45, 7) is 1.64. The molecule has 2 aromatic rings. The lowest BCUT2D eigenvalue weighted by Crippen LogP contribution is -2.44. The summed E-state index contributed by atoms with van der Waals surface area (Å²) in [6, 6.07) is 15.3. The third-order valence-corrected chi connectivity index (χ3v) is 8.26. The minimum absolute atomic E-state index is 0.00869. The topological polar surface area (TPSA) is 57.7 Å². The van der Waals surface area contributed by atoms with Gasteiger partial charge >= 0.3 is 0 Å². The number of carbonyl (C=O) groups is 1. The molecule has 154 valence electrons. The van der Waals surface area contributed by atoms with E-state index >= 15 is 0 Å². The Labute approximate surface area is 173 Å². The monoisotopic (exact) mass is 412 g/mol. The summed E-state index contributed by atoms with van der Waals surface area (Å²) in [4.78, 5) is 15.1. The molecule has 1 heterocycles. The first kappa shape index (κ1) is 20.0. The summed E-state index contributed by atoms with van der Waals surface area (Å²) < 4.78 is 27.1. The Morgan fingerprint density at radius 3 is 2.28 bits per heavy atom. The van der Waals surface area contributed by atoms with Gasteiger partial charge in [-0.2, -0.15) is 0 Å². The van der Waals surface area contributed by atoms with E-state index in [-0.39, 0.29) is 10.8 Å². The van der Waals surface area contributed by atoms with Gasteiger partial charge in [0.2, 0.25) is 0 Å². The van der Waals surface area contributed by atoms with Crippen LogP contribution in [0.5, 0.6) is 0 Å². The normalized spacial score (nSPS) is 22.0. The summed E-state index contributed by atoms with van der Waals surface area (Å²) in [7, 11) is -2.13. The molecule has 5 nitrogen and oxygen atoms in total. The van der Waals surface area contributed by atoms with E-state index in [1.807, 2.05) is 11.0 Å². The van der Waals surface area contributed by atoms with Gasteiger partial charge in [-0.3, -0.25) is 9.10 Å². The number of anilines is 1. The molecule has 2 atom stereocenters. The second-order valence-corrected chi connectivity index (χ2v) is 10.1. The van der Waals surface area contributed by atoms with Gasteiger partial charge in [-0.25, -0.2) is 8.42 Å². The van der Waals surface area contributed by atoms with Crippen LogP contribution in [0.4, 0.5) is 5.69 Å². The first-order valence-electron chi connectivity index (χ1n) is 10.4. The highest BCUT2D eigenvalue weighted by Crippen LogP contribution is 2.36. The molecule has 0 bridgehead atoms. The van der Waals surface area contributed by atoms with Gasteiger partial charge in [0.1, 0.15) is 0 Å². The van der Waals surface area contributed by atoms with Crippen LogP contribution in [0, 0.1) is 11.8 Å². The number of amides is 1. The summed E-state index contributed by atoms with van der Waals surface area (Å²) in [5, 5.41) is 0. The van der Waals surface area contributed by atoms with Crippen LogP contribution in [0.15, 0.2) is 59.5 Å². The van der Waals surface area contributed by atoms with E-state index in [0.717, 1.165) is 25.4 Å². The predicted molar refractivity (Wildman–Crippen MR) is 114 cm³/mol. The first-order valence-corrected chi connectivity index (χ1v) is 11.8. The predicted octanol–water partition coefficient (Wildman–Crippen LogP) is 4.16. The van der Waals surface area contributed by atoms with Crippen molar-refractivity contribution in [3.63, 3.8) is 0 Å². The van der Waals surface area contributed by atoms with Crippen molar-refractivity contribution in [2.75, 3.05) is 24.4 Å². The second-order valence-electron chi connectivity index (χ2n) is 8.18. The standard InChI is InChI=1S/C23H28N2O3S/c1-24(21-9-3-2-4-10-21)29(27,28)22-13-11-19(12-14-22)23(26)25-16-15-18-7-5-6-8-20(18)17-25/h2-4,9-14,18,20H,5-8,15-17H2,1H3/t18-,20+/m0/s1. The number of nitrogens with zero attached hydrogens (tertiary/aromatic N) is 2. The molecular weight excluding hydrogens is 384 g/mol. The largest absolute Gasteiger partial charge is 0.338 e. The fourth-order valence-electron chi connectivity index (χ4n) is 4.67. The third-order valence-electron chi connectivity index (χ3n) is 6.46. The van der Waals surface area contributed by atoms with Crippen molar-refractivity contribution in [2.24, 2.45) is 11.8 Å². The van der Waals surface area contributed by atoms with Crippen LogP contribution in [0.3, 0.4) is 0 Å². The van der Waals surface area contributed by atoms with Crippen molar-refractivity contribution < 1.29 is 13.2 Å². The molecule has 2 aliphatic rings. The van der Waals surface area contributed by atoms with E-state index in [4.69, 9.17) is 0 Å². The molecular formula is C23H28N2O3S. The molecule has 1 amide bonds. The fraction of sp³-hybridized carbons (Fsp3) is 0.435. The van der Waals surface area contributed by atoms with Gasteiger partial charge < -0.3 is 4.90 Å². The first-order chi connectivity index (χ1) is 14.0. The summed E-state index contributed by atoms with van der Waals surface area (Å²) >= 11 is 0. The van der Waals surface area contributed by atoms with Gasteiger partial charge in [0, 0.05) is 25.7 Å². The maximum absolute atomic E-state index is 13.0. The van der Waals surface area contributed by atoms with Gasteiger partial charge in [-0.05, 0) is 61.1 Å². The van der Waals surface area contributed by atoms with Gasteiger partial charge in [0.25, 0.3) is 15.9 Å². The van der Waals surface area contributed by atoms with E-state index in [1.54, 1.807) is 36.4 Å². The zero-order valence-corrected chi connectivity index (χ0v) is 17.6. The summed E-state index contributed by atoms with van der Waals surface area (Å²) in [6.07, 6.45) is 6.20. The van der Waals surface area contributed by atoms with Crippen molar-refractivity contribution in [3.05, 3.63) is 60.2 Å². The van der Waals surface area contributed by atoms with Crippen LogP contribution in [0.1, 0.15) is 42.5 Å². The molecule has 0 N–H and O–H groups in total. The highest BCUT2D eigenvalue weighted by Gasteiger charge is 2.33. The van der Waals surface area contributed by atoms with Crippen LogP contribution >= 0.6 is 0 Å². The molecule has 0 unspecified atom stereocenters. The number of piperidine rings is 1. The van der Waals surface area contributed by atoms with Crippen molar-refractivity contribution in [3.8, 4) is 0 Å². The fourth-order valence-corrected chi connectivity index (χ4v) is 5.87. The lowest BCUT2D eigenvalue weighted by atomic mass is 9.75. The molecule has 0 aromatic heterocycles. The summed E-state index contributed by atoms with van der Waals surface area (Å²) in [5.41, 5.74) is 1.16. The molecule has 1 saturated heterocycles. The number of carbonyl (C=O) groups excluding carboxylic acids is 1. The highest BCUT2D eigenvalue weighted by molar-refractivity contribution is 7.92. The Kier molecular flexibility index (Phi) is 5.63. The highest BCUT2D eigenvalue weighted by atomic mass is 32.2. The maximum Gasteiger partial charge on any atom is 0.264 e. The third kappa shape index (κ3) is 4.04. The number of likely N-dealkylation sites (tertiary alicyclic amines) is 1. The van der Waals surface area contributed by atoms with Crippen LogP contribution in [0.25, 0.3) is 0 Å². The lowest BCUT2D eigenvalue weighted by molar-refractivity contribution is 0.0521. The van der Waals surface area contributed by atoms with Crippen LogP contribution in [-0.2, 0) is 10.0 Å². The number of hydrogen-bond acceptors (Lipinski definition) is 3. The van der Waals surface area contributed by atoms with Gasteiger partial charge in [0.15, 0.2) is 0 Å². The summed E-state index contributed by atoms with van der Waals surface area (Å²) in [5.74, 6) is 1.41. The SMILES string of the molecule is CN(c1ccccc1)S(=O)(=O)c1ccc(C(=O)N2CC[C@@H]3CCCC[C@@H]3C2)cc1. The van der Waals surface area contributed by atoms with Crippen molar-refractivity contribution in [1.82, 2.24) is 4.90 Å². The van der Waals surface area contributed by atoms with Crippen LogP contribution in [-0.4, -0.2) is 39.4 Å². The van der Waals surface area contributed by atoms with Crippen LogP contribution < -0.4 is 4.31 Å². The number of hydrogen-bond donors (Lipinski definition) is 0. The quantitative estimate of drug-likeness (QED) is 0.757. The molecule has 6 heteroatoms. The molecule has 0 radical (unpaired) electrons. The van der Waals surface area contributed by atoms with Gasteiger partial charge in [-0.1, -0.05) is 37.5 Å². The number of fused-ring (bicyclic) bond motifs is 1. The van der Waals surface area contributed by atoms with Crippen molar-refractivity contribution >= 4 is 21.6 Å². The zero-order chi connectivity index (χ0) is 20.4. The Balaban J connectivity index is 1.48. The average molecular weight is 413 g/mol. The maximum atomic E-state index is 13.0. The molecule has 2 aromatic carbocycles. The van der Waals surface area contributed by atoms with E-state index in [1.165, 1.54) is 49.2 Å². The van der Waals surface area contributed by atoms with Gasteiger partial charge in [-0.15, -0.1) is 0 Å². The van der Waals surface area contributed by atoms with Crippen LogP contribution in [0.2, 0.25) is 0 Å². The second kappa shape index (κ2) is 8.19. The molecule has 1 saturated carbocycles. The minimum atomic E-state index is -3.67. The van der Waals surface area contributed by atoms with Crippen molar-refractivity contribution in [1.29, 1.82) is 0 Å². The van der Waals surface area contributed by atoms with Crippen molar-refractivity contribution in [2.45, 2.75) is 37.0 Å². The number of benzene rings is 2. The smallest absolute Gasteiger partial charge is 0.264 e. The Morgan fingerprint density at radius 2 is 1.59 bits per heavy atom. The van der Waals surface area contributed by atoms with E-state index in [0.29, 0.717) is 17.2 Å². The van der Waals surface area contributed by atoms with E-state index < -0.39 is 10.0 Å². The zero-order valence-electron chi connectivity index (χ0n) is 16.8. The number of rotatable bonds is 4. The van der Waals surface area contributed by atoms with Gasteiger partial charge in [0.05, 0.1) is 10.6 Å². The lowest BCUT2D eigenvalue weighted by Gasteiger charge is -2.41. The van der Waals surface area contributed by atoms with E-state index in [9.17, 15) is 13.2 Å². The molecule has 1 aliphatic heterocycles. The van der Waals surface area contributed by atoms with E-state index in [2.05, 4.69) is 0 Å². The Hall–Kier alpha value is -2.34. The minimum Gasteiger partial charge on any atom is -0.338 e.